The molecular weight excluding hydrogens is 165 g/mol. The summed E-state index contributed by atoms with van der Waals surface area (Å²) in [6.07, 6.45) is 0. The molecule has 0 aromatic carbocycles. The molecule has 0 atom stereocenters. The molecule has 0 fully saturated rings. The normalized spacial score (nSPS) is 10.8. The van der Waals surface area contributed by atoms with Crippen molar-refractivity contribution in [3.8, 4) is 0 Å². The molecule has 44 valence electrons. The third-order valence-corrected chi connectivity index (χ3v) is 1.26. The van der Waals surface area contributed by atoms with Gasteiger partial charge >= 0.3 is 46.1 Å². The Morgan fingerprint density at radius 3 is 2.00 bits per heavy atom. The van der Waals surface area contributed by atoms with Crippen molar-refractivity contribution in [1.29, 1.82) is 0 Å². The number of hydrogen-bond donors (Lipinski definition) is 2. The van der Waals surface area contributed by atoms with Gasteiger partial charge in [0, 0.05) is 0 Å². The summed E-state index contributed by atoms with van der Waals surface area (Å²) < 4.78 is 22.0. The zero-order chi connectivity index (χ0) is 5.91. The first kappa shape index (κ1) is 11.9. The Labute approximate surface area is 70.7 Å². The van der Waals surface area contributed by atoms with Crippen molar-refractivity contribution in [2.75, 3.05) is 0 Å². The molecule has 0 aliphatic heterocycles. The van der Waals surface area contributed by atoms with E-state index in [4.69, 9.17) is 9.79 Å². The molecule has 0 rings (SSSR count). The summed E-state index contributed by atoms with van der Waals surface area (Å²) in [7, 11) is -5.49. The van der Waals surface area contributed by atoms with Crippen LogP contribution < -0.4 is 29.6 Å². The zero-order valence-corrected chi connectivity index (χ0v) is 7.80. The van der Waals surface area contributed by atoms with Crippen LogP contribution in [0, 0.1) is 0 Å². The van der Waals surface area contributed by atoms with Crippen molar-refractivity contribution in [2.24, 2.45) is 0 Å². The molecule has 0 aromatic rings. The summed E-state index contributed by atoms with van der Waals surface area (Å²) >= 11 is 0. The molecule has 2 N–H and O–H groups in total. The Balaban J connectivity index is -0.000000180. The van der Waals surface area contributed by atoms with E-state index in [1.54, 1.807) is 0 Å². The van der Waals surface area contributed by atoms with Gasteiger partial charge in [-0.3, -0.25) is 0 Å². The average Bonchev–Trinajstić information content (AvgIpc) is 1.30. The van der Waals surface area contributed by atoms with Crippen LogP contribution in [-0.4, -0.2) is 9.79 Å². The second kappa shape index (κ2) is 5.03. The summed E-state index contributed by atoms with van der Waals surface area (Å²) in [5.74, 6) is 0. The van der Waals surface area contributed by atoms with Crippen molar-refractivity contribution >= 4 is 16.5 Å². The maximum atomic E-state index is 9.50. The molecule has 0 radical (unpaired) electrons. The smallest absolute Gasteiger partial charge is 1.00 e. The van der Waals surface area contributed by atoms with Crippen molar-refractivity contribution in [3.63, 3.8) is 0 Å². The molecule has 0 aliphatic rings. The van der Waals surface area contributed by atoms with Gasteiger partial charge in [-0.05, 0) is 0 Å². The van der Waals surface area contributed by atoms with Gasteiger partial charge in [-0.1, -0.05) is 0 Å². The van der Waals surface area contributed by atoms with E-state index >= 15 is 0 Å². The predicted molar refractivity (Wildman–Crippen MR) is 21.8 cm³/mol. The molecule has 0 saturated carbocycles. The van der Waals surface area contributed by atoms with Crippen LogP contribution in [0.4, 0.5) is 0 Å². The van der Waals surface area contributed by atoms with Crippen LogP contribution in [0.5, 0.6) is 0 Å². The Hall–Kier alpha value is 1.21. The van der Waals surface area contributed by atoms with Crippen LogP contribution in [0.2, 0.25) is 0 Å². The Bertz CT molecular complexity index is 108. The van der Waals surface area contributed by atoms with Crippen LogP contribution in [0.3, 0.4) is 0 Å². The number of rotatable bonds is 2. The Morgan fingerprint density at radius 2 is 2.00 bits per heavy atom. The third kappa shape index (κ3) is 10.2. The zero-order valence-electron chi connectivity index (χ0n) is 5.01. The van der Waals surface area contributed by atoms with E-state index < -0.39 is 16.5 Å². The van der Waals surface area contributed by atoms with Gasteiger partial charge in [0.15, 0.2) is 0 Å². The molecule has 5 nitrogen and oxygen atoms in total. The first-order chi connectivity index (χ1) is 3.06. The van der Waals surface area contributed by atoms with Gasteiger partial charge in [0.05, 0.1) is 0 Å². The number of hydrogen-bond acceptors (Lipinski definition) is 3. The van der Waals surface area contributed by atoms with Crippen LogP contribution in [0.15, 0.2) is 0 Å². The molecule has 8 heteroatoms. The second-order valence-electron chi connectivity index (χ2n) is 0.647. The fraction of sp³-hybridized carbons (Fsp3) is 0. The Morgan fingerprint density at radius 1 is 1.62 bits per heavy atom. The minimum absolute atomic E-state index is 0. The minimum atomic E-state index is -4.49. The van der Waals surface area contributed by atoms with Crippen molar-refractivity contribution in [1.82, 2.24) is 0 Å². The summed E-state index contributed by atoms with van der Waals surface area (Å²) in [4.78, 5) is 15.4. The van der Waals surface area contributed by atoms with E-state index in [2.05, 4.69) is 4.31 Å². The molecule has 0 spiro atoms. The second-order valence-corrected chi connectivity index (χ2v) is 2.43. The molecule has 0 heterocycles. The monoisotopic (exact) mass is 168 g/mol. The minimum Gasteiger partial charge on any atom is -1.00 e. The summed E-state index contributed by atoms with van der Waals surface area (Å²) in [6.45, 7) is 0. The average molecular weight is 168 g/mol. The molecule has 0 amide bonds. The fourth-order valence-electron chi connectivity index (χ4n) is 0.0434. The standard InChI is InChI=1S/Na.H2O5P2.H/c;1-6-5-7(2,3)4;/h;(H2,2,3,4);/q+1;;-1. The predicted octanol–water partition coefficient (Wildman–Crippen LogP) is -2.58. The van der Waals surface area contributed by atoms with Gasteiger partial charge in [0.25, 0.3) is 0 Å². The van der Waals surface area contributed by atoms with Gasteiger partial charge in [-0.15, -0.1) is 0 Å². The molecule has 0 unspecified atom stereocenters. The quantitative estimate of drug-likeness (QED) is 0.349. The molecule has 0 aliphatic carbocycles. The van der Waals surface area contributed by atoms with Crippen LogP contribution in [0.1, 0.15) is 1.43 Å². The summed E-state index contributed by atoms with van der Waals surface area (Å²) in [5, 5.41) is 0. The molecule has 0 saturated heterocycles. The third-order valence-electron chi connectivity index (χ3n) is 0.140. The van der Waals surface area contributed by atoms with Crippen LogP contribution in [-0.2, 0) is 13.4 Å². The maximum Gasteiger partial charge on any atom is 1.00 e. The van der Waals surface area contributed by atoms with Crippen molar-refractivity contribution in [2.45, 2.75) is 0 Å². The van der Waals surface area contributed by atoms with E-state index in [9.17, 15) is 9.13 Å². The van der Waals surface area contributed by atoms with E-state index in [1.165, 1.54) is 0 Å². The summed E-state index contributed by atoms with van der Waals surface area (Å²) in [5.41, 5.74) is 0. The Kier molecular flexibility index (Phi) is 7.51. The topological polar surface area (TPSA) is 83.8 Å². The maximum absolute atomic E-state index is 9.50. The first-order valence-corrected chi connectivity index (χ1v) is 3.39. The summed E-state index contributed by atoms with van der Waals surface area (Å²) in [6, 6.07) is 0. The van der Waals surface area contributed by atoms with Crippen molar-refractivity contribution in [3.05, 3.63) is 0 Å². The van der Waals surface area contributed by atoms with E-state index in [-0.39, 0.29) is 31.0 Å². The molecule has 8 heavy (non-hydrogen) atoms. The van der Waals surface area contributed by atoms with Gasteiger partial charge < -0.3 is 11.2 Å². The van der Waals surface area contributed by atoms with Crippen molar-refractivity contribution < 1.29 is 54.2 Å². The van der Waals surface area contributed by atoms with Gasteiger partial charge in [0.1, 0.15) is 0 Å². The molecule has 0 bridgehead atoms. The van der Waals surface area contributed by atoms with Gasteiger partial charge in [-0.25, -0.2) is 9.13 Å². The largest absolute Gasteiger partial charge is 1.00 e. The van der Waals surface area contributed by atoms with Gasteiger partial charge in [0.2, 0.25) is 0 Å². The first-order valence-electron chi connectivity index (χ1n) is 1.13. The number of phosphoric acid groups is 1. The van der Waals surface area contributed by atoms with Crippen LogP contribution >= 0.6 is 16.5 Å². The van der Waals surface area contributed by atoms with E-state index in [0.717, 1.165) is 0 Å². The molecular formula is H3NaO5P2. The van der Waals surface area contributed by atoms with E-state index in [0.29, 0.717) is 0 Å². The van der Waals surface area contributed by atoms with Crippen LogP contribution in [0.25, 0.3) is 0 Å². The van der Waals surface area contributed by atoms with Gasteiger partial charge in [-0.2, -0.15) is 4.31 Å². The van der Waals surface area contributed by atoms with E-state index in [1.807, 2.05) is 0 Å². The molecule has 0 aromatic heterocycles. The fourth-order valence-corrected chi connectivity index (χ4v) is 0.391. The SMILES string of the molecule is O=POP(=O)(O)O.[H-].[Na+].